The van der Waals surface area contributed by atoms with Gasteiger partial charge in [0.25, 0.3) is 0 Å². The van der Waals surface area contributed by atoms with E-state index in [2.05, 4.69) is 4.90 Å². The van der Waals surface area contributed by atoms with Crippen molar-refractivity contribution < 1.29 is 33.7 Å². The van der Waals surface area contributed by atoms with Gasteiger partial charge in [0.05, 0.1) is 35.1 Å². The highest BCUT2D eigenvalue weighted by Crippen LogP contribution is 2.31. The Bertz CT molecular complexity index is 1100. The minimum Gasteiger partial charge on any atom is -0.457 e. The molecule has 10 nitrogen and oxygen atoms in total. The number of nitrogens with zero attached hydrogens (tertiary/aromatic N) is 3. The van der Waals surface area contributed by atoms with Crippen LogP contribution >= 0.6 is 0 Å². The highest BCUT2D eigenvalue weighted by atomic mass is 16.5. The first-order chi connectivity index (χ1) is 16.8. The van der Waals surface area contributed by atoms with Crippen molar-refractivity contribution in [2.45, 2.75) is 45.1 Å². The fourth-order valence-electron chi connectivity index (χ4n) is 5.65. The number of methoxy groups -OCH3 is 1. The Labute approximate surface area is 204 Å². The van der Waals surface area contributed by atoms with Crippen LogP contribution in [0.5, 0.6) is 0 Å². The number of likely N-dealkylation sites (tertiary alicyclic amines) is 1. The molecule has 1 aromatic carbocycles. The fraction of sp³-hybridized carbons (Fsp3) is 0.560. The number of cyclic esters (lactones) is 2. The van der Waals surface area contributed by atoms with E-state index < -0.39 is 6.10 Å². The maximum Gasteiger partial charge on any atom is 0.338 e. The van der Waals surface area contributed by atoms with E-state index >= 15 is 0 Å². The third-order valence-corrected chi connectivity index (χ3v) is 7.76. The number of urea groups is 1. The quantitative estimate of drug-likeness (QED) is 0.602. The summed E-state index contributed by atoms with van der Waals surface area (Å²) in [5, 5.41) is 11.0. The number of hydrogen-bond acceptors (Lipinski definition) is 8. The number of piperidine rings is 1. The second kappa shape index (κ2) is 9.25. The van der Waals surface area contributed by atoms with Crippen molar-refractivity contribution in [3.8, 4) is 0 Å². The van der Waals surface area contributed by atoms with E-state index in [1.807, 2.05) is 11.8 Å². The topological polar surface area (TPSA) is 109 Å². The van der Waals surface area contributed by atoms with Crippen molar-refractivity contribution in [2.75, 3.05) is 46.4 Å². The van der Waals surface area contributed by atoms with Gasteiger partial charge in [0.1, 0.15) is 13.2 Å². The number of ether oxygens (including phenoxy) is 3. The maximum atomic E-state index is 13.2. The Hall–Kier alpha value is -2.95. The summed E-state index contributed by atoms with van der Waals surface area (Å²) in [5.74, 6) is -0.687. The zero-order valence-corrected chi connectivity index (χ0v) is 20.3. The van der Waals surface area contributed by atoms with Crippen LogP contribution in [-0.2, 0) is 25.6 Å². The van der Waals surface area contributed by atoms with Gasteiger partial charge in [0.15, 0.2) is 0 Å². The summed E-state index contributed by atoms with van der Waals surface area (Å²) in [6.07, 6.45) is -0.212. The zero-order chi connectivity index (χ0) is 24.9. The van der Waals surface area contributed by atoms with Crippen molar-refractivity contribution in [3.05, 3.63) is 45.7 Å². The molecule has 10 heteroatoms. The fourth-order valence-corrected chi connectivity index (χ4v) is 5.65. The normalized spacial score (nSPS) is 25.9. The van der Waals surface area contributed by atoms with Crippen LogP contribution in [0.3, 0.4) is 0 Å². The Morgan fingerprint density at radius 2 is 1.86 bits per heavy atom. The van der Waals surface area contributed by atoms with E-state index in [9.17, 15) is 19.5 Å². The van der Waals surface area contributed by atoms with Crippen LogP contribution in [0.2, 0.25) is 0 Å². The third-order valence-electron chi connectivity index (χ3n) is 7.76. The molecule has 2 fully saturated rings. The number of benzene rings is 1. The summed E-state index contributed by atoms with van der Waals surface area (Å²) in [5.41, 5.74) is 4.24. The minimum atomic E-state index is -0.719. The largest absolute Gasteiger partial charge is 0.457 e. The molecule has 35 heavy (non-hydrogen) atoms. The summed E-state index contributed by atoms with van der Waals surface area (Å²) in [6, 6.07) is 3.32. The summed E-state index contributed by atoms with van der Waals surface area (Å²) in [6.45, 7) is 6.77. The van der Waals surface area contributed by atoms with Crippen molar-refractivity contribution in [3.63, 3.8) is 0 Å². The number of amides is 2. The predicted molar refractivity (Wildman–Crippen MR) is 123 cm³/mol. The number of esters is 2. The highest BCUT2D eigenvalue weighted by molar-refractivity contribution is 5.94. The monoisotopic (exact) mass is 485 g/mol. The first kappa shape index (κ1) is 23.8. The van der Waals surface area contributed by atoms with Gasteiger partial charge in [-0.2, -0.15) is 0 Å². The first-order valence-electron chi connectivity index (χ1n) is 12.0. The summed E-state index contributed by atoms with van der Waals surface area (Å²) < 4.78 is 16.0. The minimum absolute atomic E-state index is 0.0882. The summed E-state index contributed by atoms with van der Waals surface area (Å²) in [4.78, 5) is 42.4. The summed E-state index contributed by atoms with van der Waals surface area (Å²) >= 11 is 0. The average Bonchev–Trinajstić information content (AvgIpc) is 3.51. The highest BCUT2D eigenvalue weighted by Gasteiger charge is 2.43. The van der Waals surface area contributed by atoms with E-state index in [-0.39, 0.29) is 43.3 Å². The zero-order valence-electron chi connectivity index (χ0n) is 20.3. The Balaban J connectivity index is 1.24. The lowest BCUT2D eigenvalue weighted by Gasteiger charge is -2.42. The Kier molecular flexibility index (Phi) is 6.29. The van der Waals surface area contributed by atoms with Crippen LogP contribution in [0.4, 0.5) is 4.79 Å². The molecule has 2 saturated heterocycles. The molecule has 0 bridgehead atoms. The lowest BCUT2D eigenvalue weighted by molar-refractivity contribution is -0.136. The molecule has 5 rings (SSSR count). The molecule has 188 valence electrons. The molecule has 4 aliphatic heterocycles. The number of aliphatic hydroxyl groups excluding tert-OH is 1. The van der Waals surface area contributed by atoms with Gasteiger partial charge in [-0.1, -0.05) is 6.07 Å². The van der Waals surface area contributed by atoms with E-state index in [0.717, 1.165) is 16.7 Å². The molecule has 0 spiro atoms. The second-order valence-corrected chi connectivity index (χ2v) is 9.56. The van der Waals surface area contributed by atoms with Gasteiger partial charge in [-0.3, -0.25) is 9.80 Å². The molecule has 0 aliphatic carbocycles. The van der Waals surface area contributed by atoms with Crippen LogP contribution in [0, 0.1) is 6.92 Å². The second-order valence-electron chi connectivity index (χ2n) is 9.56. The van der Waals surface area contributed by atoms with Gasteiger partial charge in [-0.05, 0) is 37.5 Å². The summed E-state index contributed by atoms with van der Waals surface area (Å²) in [7, 11) is 1.65. The van der Waals surface area contributed by atoms with Crippen molar-refractivity contribution in [1.82, 2.24) is 14.7 Å². The SMILES string of the molecule is COC1CN(C[C@H](O)c2ccc3c(c2C)COC3=O)CCC1N1CCN(C2=C(C)C(=O)OC2)C1=O. The molecule has 1 aromatic rings. The van der Waals surface area contributed by atoms with Gasteiger partial charge in [-0.15, -0.1) is 0 Å². The van der Waals surface area contributed by atoms with Crippen LogP contribution in [-0.4, -0.2) is 96.4 Å². The number of rotatable bonds is 6. The van der Waals surface area contributed by atoms with Crippen molar-refractivity contribution >= 4 is 18.0 Å². The number of hydrogen-bond donors (Lipinski definition) is 1. The molecule has 0 radical (unpaired) electrons. The smallest absolute Gasteiger partial charge is 0.338 e. The molecule has 1 N–H and O–H groups in total. The number of β-amino-alcohol motifs (C(OH)–C–C–N with tert-alkyl or cyclic N) is 1. The van der Waals surface area contributed by atoms with Gasteiger partial charge in [0.2, 0.25) is 0 Å². The lowest BCUT2D eigenvalue weighted by atomic mass is 9.94. The van der Waals surface area contributed by atoms with Crippen molar-refractivity contribution in [1.29, 1.82) is 0 Å². The van der Waals surface area contributed by atoms with Gasteiger partial charge in [0, 0.05) is 45.4 Å². The molecule has 0 aromatic heterocycles. The van der Waals surface area contributed by atoms with Crippen LogP contribution in [0.1, 0.15) is 46.5 Å². The standard InChI is InChI=1S/C25H31N3O7/c1-14-16(4-5-17-18(14)12-34-24(17)31)21(29)10-26-7-6-19(22(11-26)33-3)27-8-9-28(25(27)32)20-13-35-23(30)15(20)2/h4-5,19,21-22,29H,6-13H2,1-3H3/t19?,21-,22?/m0/s1. The van der Waals surface area contributed by atoms with Gasteiger partial charge < -0.3 is 24.2 Å². The average molecular weight is 486 g/mol. The number of carbonyl (C=O) groups is 3. The van der Waals surface area contributed by atoms with E-state index in [1.54, 1.807) is 31.1 Å². The molecular weight excluding hydrogens is 454 g/mol. The van der Waals surface area contributed by atoms with Crippen LogP contribution < -0.4 is 0 Å². The maximum absolute atomic E-state index is 13.2. The van der Waals surface area contributed by atoms with E-state index in [1.165, 1.54) is 0 Å². The van der Waals surface area contributed by atoms with Crippen molar-refractivity contribution in [2.24, 2.45) is 0 Å². The molecule has 2 unspecified atom stereocenters. The van der Waals surface area contributed by atoms with Crippen LogP contribution in [0.25, 0.3) is 0 Å². The number of fused-ring (bicyclic) bond motifs is 1. The van der Waals surface area contributed by atoms with Gasteiger partial charge >= 0.3 is 18.0 Å². The van der Waals surface area contributed by atoms with E-state index in [0.29, 0.717) is 56.0 Å². The predicted octanol–water partition coefficient (Wildman–Crippen LogP) is 1.36. The third kappa shape index (κ3) is 4.09. The van der Waals surface area contributed by atoms with Gasteiger partial charge in [-0.25, -0.2) is 14.4 Å². The van der Waals surface area contributed by atoms with Crippen LogP contribution in [0.15, 0.2) is 23.4 Å². The Morgan fingerprint density at radius 1 is 1.09 bits per heavy atom. The first-order valence-corrected chi connectivity index (χ1v) is 12.0. The van der Waals surface area contributed by atoms with E-state index in [4.69, 9.17) is 14.2 Å². The molecular formula is C25H31N3O7. The molecule has 0 saturated carbocycles. The number of aliphatic hydroxyl groups is 1. The molecule has 2 amide bonds. The Morgan fingerprint density at radius 3 is 2.57 bits per heavy atom. The molecule has 4 aliphatic rings. The molecule has 4 heterocycles. The lowest BCUT2D eigenvalue weighted by Crippen LogP contribution is -2.56. The molecule has 3 atom stereocenters. The number of carbonyl (C=O) groups excluding carboxylic acids is 3.